The first kappa shape index (κ1) is 23.5. The Morgan fingerprint density at radius 2 is 1.72 bits per heavy atom. The van der Waals surface area contributed by atoms with Crippen LogP contribution >= 0.6 is 0 Å². The van der Waals surface area contributed by atoms with Crippen molar-refractivity contribution in [3.05, 3.63) is 78.0 Å². The molecule has 0 bridgehead atoms. The number of esters is 1. The van der Waals surface area contributed by atoms with Crippen molar-refractivity contribution in [1.82, 2.24) is 10.1 Å². The van der Waals surface area contributed by atoms with Gasteiger partial charge in [0.05, 0.1) is 11.1 Å². The van der Waals surface area contributed by atoms with Gasteiger partial charge in [0.2, 0.25) is 0 Å². The second kappa shape index (κ2) is 10.2. The first-order valence-electron chi connectivity index (χ1n) is 13.7. The van der Waals surface area contributed by atoms with E-state index in [1.54, 1.807) is 0 Å². The summed E-state index contributed by atoms with van der Waals surface area (Å²) in [5.41, 5.74) is 2.71. The Hall–Kier alpha value is -2.92. The van der Waals surface area contributed by atoms with Gasteiger partial charge in [-0.1, -0.05) is 91.5 Å². The Balaban J connectivity index is 1.06. The maximum absolute atomic E-state index is 13.7. The third kappa shape index (κ3) is 4.61. The predicted molar refractivity (Wildman–Crippen MR) is 139 cm³/mol. The highest BCUT2D eigenvalue weighted by atomic mass is 16.5. The molecule has 3 atom stereocenters. The molecule has 2 heterocycles. The first-order chi connectivity index (χ1) is 17.7. The first-order valence-corrected chi connectivity index (χ1v) is 13.7. The number of hydrogen-bond donors (Lipinski definition) is 0. The summed E-state index contributed by atoms with van der Waals surface area (Å²) in [5, 5.41) is 4.31. The number of piperidine rings is 1. The fourth-order valence-electron chi connectivity index (χ4n) is 6.73. The lowest BCUT2D eigenvalue weighted by Gasteiger charge is -2.50. The van der Waals surface area contributed by atoms with Crippen molar-refractivity contribution in [2.75, 3.05) is 13.1 Å². The standard InChI is InChI=1S/C31H36N2O3/c34-30(31(16-9-1-2-10-17-31)25-13-7-4-8-14-25)35-29-19-24-21-33(18-15-27(24)29)22-26-20-28(36-32-26)23-11-5-3-6-12-23/h3-8,11-14,20,24,27,29H,1-2,9-10,15-19,21-22H2/t24?,27?,29-/m0/s1. The molecule has 3 fully saturated rings. The van der Waals surface area contributed by atoms with Crippen LogP contribution in [0, 0.1) is 11.8 Å². The van der Waals surface area contributed by atoms with Gasteiger partial charge in [0.15, 0.2) is 5.76 Å². The van der Waals surface area contributed by atoms with Crippen LogP contribution in [0.3, 0.4) is 0 Å². The molecule has 3 aromatic rings. The molecule has 1 saturated heterocycles. The molecule has 6 rings (SSSR count). The molecular weight excluding hydrogens is 448 g/mol. The predicted octanol–water partition coefficient (Wildman–Crippen LogP) is 6.39. The quantitative estimate of drug-likeness (QED) is 0.300. The average molecular weight is 485 g/mol. The summed E-state index contributed by atoms with van der Waals surface area (Å²) in [6.07, 6.45) is 8.57. The van der Waals surface area contributed by atoms with E-state index < -0.39 is 5.41 Å². The highest BCUT2D eigenvalue weighted by molar-refractivity contribution is 5.83. The van der Waals surface area contributed by atoms with E-state index in [-0.39, 0.29) is 12.1 Å². The lowest BCUT2D eigenvalue weighted by molar-refractivity contribution is -0.176. The minimum absolute atomic E-state index is 0.0255. The number of ether oxygens (including phenoxy) is 1. The summed E-state index contributed by atoms with van der Waals surface area (Å²) >= 11 is 0. The molecule has 5 heteroatoms. The lowest BCUT2D eigenvalue weighted by atomic mass is 9.66. The Kier molecular flexibility index (Phi) is 6.66. The highest BCUT2D eigenvalue weighted by Crippen LogP contribution is 2.46. The zero-order valence-corrected chi connectivity index (χ0v) is 21.0. The molecular formula is C31H36N2O3. The van der Waals surface area contributed by atoms with Crippen LogP contribution < -0.4 is 0 Å². The van der Waals surface area contributed by atoms with Gasteiger partial charge in [0.1, 0.15) is 6.10 Å². The van der Waals surface area contributed by atoms with Gasteiger partial charge in [-0.2, -0.15) is 0 Å². The topological polar surface area (TPSA) is 55.6 Å². The fourth-order valence-corrected chi connectivity index (χ4v) is 6.73. The normalized spacial score (nSPS) is 25.8. The van der Waals surface area contributed by atoms with Crippen molar-refractivity contribution in [2.45, 2.75) is 69.4 Å². The fraction of sp³-hybridized carbons (Fsp3) is 0.484. The average Bonchev–Trinajstić information content (AvgIpc) is 3.23. The smallest absolute Gasteiger partial charge is 0.316 e. The SMILES string of the molecule is O=C(O[C@H]1CC2CN(Cc3cc(-c4ccccc4)on3)CCC21)C1(c2ccccc2)CCCCCC1. The Morgan fingerprint density at radius 3 is 2.44 bits per heavy atom. The van der Waals surface area contributed by atoms with Gasteiger partial charge in [0.25, 0.3) is 0 Å². The van der Waals surface area contributed by atoms with Gasteiger partial charge in [-0.15, -0.1) is 0 Å². The van der Waals surface area contributed by atoms with Crippen LogP contribution in [0.4, 0.5) is 0 Å². The van der Waals surface area contributed by atoms with E-state index >= 15 is 0 Å². The second-order valence-corrected chi connectivity index (χ2v) is 11.0. The summed E-state index contributed by atoms with van der Waals surface area (Å²) in [4.78, 5) is 16.2. The van der Waals surface area contributed by atoms with Crippen LogP contribution in [-0.2, 0) is 21.5 Å². The highest BCUT2D eigenvalue weighted by Gasteiger charge is 2.49. The van der Waals surface area contributed by atoms with Gasteiger partial charge in [-0.05, 0) is 43.7 Å². The van der Waals surface area contributed by atoms with Crippen molar-refractivity contribution in [3.63, 3.8) is 0 Å². The molecule has 1 aliphatic heterocycles. The molecule has 36 heavy (non-hydrogen) atoms. The van der Waals surface area contributed by atoms with Crippen molar-refractivity contribution in [1.29, 1.82) is 0 Å². The van der Waals surface area contributed by atoms with Gasteiger partial charge in [-0.25, -0.2) is 0 Å². The molecule has 1 aromatic heterocycles. The van der Waals surface area contributed by atoms with Crippen LogP contribution in [0.15, 0.2) is 71.3 Å². The maximum Gasteiger partial charge on any atom is 0.316 e. The third-order valence-electron chi connectivity index (χ3n) is 8.82. The van der Waals surface area contributed by atoms with Gasteiger partial charge < -0.3 is 9.26 Å². The number of benzene rings is 2. The van der Waals surface area contributed by atoms with E-state index in [4.69, 9.17) is 9.26 Å². The summed E-state index contributed by atoms with van der Waals surface area (Å²) in [6, 6.07) is 22.6. The van der Waals surface area contributed by atoms with Crippen LogP contribution in [0.1, 0.15) is 62.6 Å². The van der Waals surface area contributed by atoms with Crippen molar-refractivity contribution >= 4 is 5.97 Å². The molecule has 0 N–H and O–H groups in total. The van der Waals surface area contributed by atoms with Crippen LogP contribution in [-0.4, -0.2) is 35.2 Å². The number of rotatable bonds is 6. The molecule has 2 aliphatic carbocycles. The van der Waals surface area contributed by atoms with Crippen molar-refractivity contribution in [3.8, 4) is 11.3 Å². The zero-order valence-electron chi connectivity index (χ0n) is 21.0. The molecule has 188 valence electrons. The summed E-state index contributed by atoms with van der Waals surface area (Å²) in [7, 11) is 0. The monoisotopic (exact) mass is 484 g/mol. The largest absolute Gasteiger partial charge is 0.461 e. The van der Waals surface area contributed by atoms with Gasteiger partial charge >= 0.3 is 5.97 Å². The molecule has 3 aliphatic rings. The van der Waals surface area contributed by atoms with Crippen molar-refractivity contribution < 1.29 is 14.1 Å². The van der Waals surface area contributed by atoms with E-state index in [2.05, 4.69) is 40.4 Å². The summed E-state index contributed by atoms with van der Waals surface area (Å²) in [5.74, 6) is 1.93. The van der Waals surface area contributed by atoms with E-state index in [1.165, 1.54) is 12.8 Å². The second-order valence-electron chi connectivity index (χ2n) is 11.0. The molecule has 0 amide bonds. The molecule has 2 saturated carbocycles. The number of carbonyl (C=O) groups is 1. The number of aromatic nitrogens is 1. The van der Waals surface area contributed by atoms with E-state index in [0.717, 1.165) is 80.7 Å². The van der Waals surface area contributed by atoms with Crippen LogP contribution in [0.25, 0.3) is 11.3 Å². The Morgan fingerprint density at radius 1 is 1.00 bits per heavy atom. The van der Waals surface area contributed by atoms with E-state index in [0.29, 0.717) is 11.8 Å². The molecule has 0 spiro atoms. The number of fused-ring (bicyclic) bond motifs is 1. The minimum atomic E-state index is -0.465. The lowest BCUT2D eigenvalue weighted by Crippen LogP contribution is -2.55. The molecule has 0 radical (unpaired) electrons. The van der Waals surface area contributed by atoms with Gasteiger partial charge in [0, 0.05) is 30.6 Å². The Labute approximate surface area is 213 Å². The number of likely N-dealkylation sites (tertiary alicyclic amines) is 1. The summed E-state index contributed by atoms with van der Waals surface area (Å²) in [6.45, 7) is 2.85. The van der Waals surface area contributed by atoms with Crippen LogP contribution in [0.5, 0.6) is 0 Å². The molecule has 5 nitrogen and oxygen atoms in total. The molecule has 2 unspecified atom stereocenters. The maximum atomic E-state index is 13.7. The van der Waals surface area contributed by atoms with E-state index in [9.17, 15) is 4.79 Å². The Bertz CT molecular complexity index is 1150. The minimum Gasteiger partial charge on any atom is -0.461 e. The van der Waals surface area contributed by atoms with Crippen molar-refractivity contribution in [2.24, 2.45) is 11.8 Å². The zero-order chi connectivity index (χ0) is 24.4. The van der Waals surface area contributed by atoms with Gasteiger partial charge in [-0.3, -0.25) is 9.69 Å². The summed E-state index contributed by atoms with van der Waals surface area (Å²) < 4.78 is 11.9. The number of carbonyl (C=O) groups excluding carboxylic acids is 1. The van der Waals surface area contributed by atoms with E-state index in [1.807, 2.05) is 36.4 Å². The number of nitrogens with zero attached hydrogens (tertiary/aromatic N) is 2. The van der Waals surface area contributed by atoms with Crippen LogP contribution in [0.2, 0.25) is 0 Å². The third-order valence-corrected chi connectivity index (χ3v) is 8.82. The molecule has 2 aromatic carbocycles. The number of hydrogen-bond acceptors (Lipinski definition) is 5.